The molecule has 6 nitrogen and oxygen atoms in total. The lowest BCUT2D eigenvalue weighted by Crippen LogP contribution is -2.53. The Hall–Kier alpha value is -1.79. The monoisotopic (exact) mass is 366 g/mol. The molecule has 1 aromatic carbocycles. The number of likely N-dealkylation sites (tertiary alicyclic amines) is 1. The van der Waals surface area contributed by atoms with E-state index in [0.717, 1.165) is 25.1 Å². The van der Waals surface area contributed by atoms with Crippen LogP contribution in [0.1, 0.15) is 26.7 Å². The summed E-state index contributed by atoms with van der Waals surface area (Å²) in [6.45, 7) is 6.14. The lowest BCUT2D eigenvalue weighted by atomic mass is 9.95. The zero-order valence-electron chi connectivity index (χ0n) is 14.8. The van der Waals surface area contributed by atoms with Gasteiger partial charge in [-0.3, -0.25) is 14.5 Å². The molecular formula is C18H27ClN4O2. The molecule has 1 fully saturated rings. The number of nitrogens with zero attached hydrogens (tertiary/aromatic N) is 1. The second-order valence-corrected chi connectivity index (χ2v) is 7.71. The van der Waals surface area contributed by atoms with Crippen LogP contribution in [-0.2, 0) is 9.59 Å². The van der Waals surface area contributed by atoms with E-state index in [1.165, 1.54) is 0 Å². The van der Waals surface area contributed by atoms with Crippen molar-refractivity contribution in [1.29, 1.82) is 0 Å². The Morgan fingerprint density at radius 1 is 1.40 bits per heavy atom. The summed E-state index contributed by atoms with van der Waals surface area (Å²) < 4.78 is 0. The van der Waals surface area contributed by atoms with Crippen LogP contribution in [0, 0.1) is 5.92 Å². The van der Waals surface area contributed by atoms with Crippen LogP contribution in [0.25, 0.3) is 0 Å². The average molecular weight is 367 g/mol. The summed E-state index contributed by atoms with van der Waals surface area (Å²) in [6, 6.07) is 7.49. The molecular weight excluding hydrogens is 340 g/mol. The van der Waals surface area contributed by atoms with Crippen molar-refractivity contribution in [3.63, 3.8) is 0 Å². The van der Waals surface area contributed by atoms with Crippen molar-refractivity contribution in [1.82, 2.24) is 10.2 Å². The van der Waals surface area contributed by atoms with E-state index < -0.39 is 5.54 Å². The molecule has 1 atom stereocenters. The van der Waals surface area contributed by atoms with Gasteiger partial charge in [-0.2, -0.15) is 0 Å². The number of primary amides is 1. The van der Waals surface area contributed by atoms with Gasteiger partial charge in [-0.1, -0.05) is 17.7 Å². The van der Waals surface area contributed by atoms with E-state index in [0.29, 0.717) is 18.1 Å². The zero-order chi connectivity index (χ0) is 18.4. The number of rotatable bonds is 7. The third-order valence-corrected chi connectivity index (χ3v) is 4.51. The Kier molecular flexibility index (Phi) is 6.67. The molecule has 1 heterocycles. The second-order valence-electron chi connectivity index (χ2n) is 7.28. The fourth-order valence-corrected chi connectivity index (χ4v) is 3.23. The number of anilines is 1. The Morgan fingerprint density at radius 3 is 2.84 bits per heavy atom. The second kappa shape index (κ2) is 8.54. The van der Waals surface area contributed by atoms with Crippen LogP contribution in [0.4, 0.5) is 5.69 Å². The fourth-order valence-electron chi connectivity index (χ4n) is 3.03. The van der Waals surface area contributed by atoms with E-state index in [1.807, 2.05) is 43.0 Å². The van der Waals surface area contributed by atoms with Gasteiger partial charge in [0.2, 0.25) is 11.8 Å². The minimum Gasteiger partial charge on any atom is -0.383 e. The van der Waals surface area contributed by atoms with Gasteiger partial charge in [0.25, 0.3) is 0 Å². The van der Waals surface area contributed by atoms with E-state index in [1.54, 1.807) is 0 Å². The predicted molar refractivity (Wildman–Crippen MR) is 101 cm³/mol. The SMILES string of the molecule is CC(C)(CNc1cccc(Cl)c1)NC(=O)[C@@H]1CCCN(CC(N)=O)C1. The Bertz CT molecular complexity index is 621. The maximum absolute atomic E-state index is 12.6. The Balaban J connectivity index is 1.86. The van der Waals surface area contributed by atoms with E-state index in [2.05, 4.69) is 10.6 Å². The molecule has 1 aliphatic heterocycles. The van der Waals surface area contributed by atoms with Gasteiger partial charge in [-0.25, -0.2) is 0 Å². The number of halogens is 1. The summed E-state index contributed by atoms with van der Waals surface area (Å²) in [5.74, 6) is -0.447. The molecule has 1 saturated heterocycles. The van der Waals surface area contributed by atoms with Gasteiger partial charge in [0.15, 0.2) is 0 Å². The number of piperidine rings is 1. The van der Waals surface area contributed by atoms with Gasteiger partial charge >= 0.3 is 0 Å². The standard InChI is InChI=1S/C18H27ClN4O2/c1-18(2,12-21-15-7-3-6-14(19)9-15)22-17(25)13-5-4-8-23(10-13)11-16(20)24/h3,6-7,9,13,21H,4-5,8,10-12H2,1-2H3,(H2,20,24)(H,22,25)/t13-/m1/s1. The van der Waals surface area contributed by atoms with E-state index in [-0.39, 0.29) is 24.3 Å². The minimum absolute atomic E-state index is 0.0204. The quantitative estimate of drug-likeness (QED) is 0.687. The molecule has 25 heavy (non-hydrogen) atoms. The molecule has 0 spiro atoms. The van der Waals surface area contributed by atoms with Gasteiger partial charge in [0, 0.05) is 23.8 Å². The number of hydrogen-bond acceptors (Lipinski definition) is 4. The van der Waals surface area contributed by atoms with Crippen molar-refractivity contribution in [2.45, 2.75) is 32.2 Å². The van der Waals surface area contributed by atoms with Crippen LogP contribution in [0.15, 0.2) is 24.3 Å². The van der Waals surface area contributed by atoms with Gasteiger partial charge < -0.3 is 16.4 Å². The third kappa shape index (κ3) is 6.55. The smallest absolute Gasteiger partial charge is 0.231 e. The Labute approximate surface area is 154 Å². The van der Waals surface area contributed by atoms with Crippen molar-refractivity contribution in [2.24, 2.45) is 11.7 Å². The maximum Gasteiger partial charge on any atom is 0.231 e. The van der Waals surface area contributed by atoms with Gasteiger partial charge in [0.1, 0.15) is 0 Å². The minimum atomic E-state index is -0.411. The molecule has 2 rings (SSSR count). The molecule has 1 aliphatic rings. The van der Waals surface area contributed by atoms with Crippen molar-refractivity contribution >= 4 is 29.1 Å². The van der Waals surface area contributed by atoms with Crippen molar-refractivity contribution < 1.29 is 9.59 Å². The van der Waals surface area contributed by atoms with Crippen molar-refractivity contribution in [2.75, 3.05) is 31.5 Å². The highest BCUT2D eigenvalue weighted by Gasteiger charge is 2.30. The topological polar surface area (TPSA) is 87.5 Å². The summed E-state index contributed by atoms with van der Waals surface area (Å²) in [5, 5.41) is 7.08. The van der Waals surface area contributed by atoms with Gasteiger partial charge in [-0.05, 0) is 51.4 Å². The number of hydrogen-bond donors (Lipinski definition) is 3. The first-order valence-corrected chi connectivity index (χ1v) is 8.95. The number of carbonyl (C=O) groups excluding carboxylic acids is 2. The summed E-state index contributed by atoms with van der Waals surface area (Å²) in [5.41, 5.74) is 5.76. The van der Waals surface area contributed by atoms with Crippen LogP contribution in [0.3, 0.4) is 0 Å². The molecule has 0 radical (unpaired) electrons. The lowest BCUT2D eigenvalue weighted by molar-refractivity contribution is -0.129. The first kappa shape index (κ1) is 19.5. The fraction of sp³-hybridized carbons (Fsp3) is 0.556. The third-order valence-electron chi connectivity index (χ3n) is 4.28. The largest absolute Gasteiger partial charge is 0.383 e. The zero-order valence-corrected chi connectivity index (χ0v) is 15.6. The molecule has 0 saturated carbocycles. The number of nitrogens with one attached hydrogen (secondary N) is 2. The summed E-state index contributed by atoms with van der Waals surface area (Å²) in [7, 11) is 0. The van der Waals surface area contributed by atoms with Crippen LogP contribution in [0.2, 0.25) is 5.02 Å². The molecule has 0 aliphatic carbocycles. The highest BCUT2D eigenvalue weighted by atomic mass is 35.5. The molecule has 0 unspecified atom stereocenters. The average Bonchev–Trinajstić information content (AvgIpc) is 2.52. The number of nitrogens with two attached hydrogens (primary N) is 1. The summed E-state index contributed by atoms with van der Waals surface area (Å²) in [6.07, 6.45) is 1.73. The molecule has 4 N–H and O–H groups in total. The van der Waals surface area contributed by atoms with Crippen LogP contribution in [0.5, 0.6) is 0 Å². The maximum atomic E-state index is 12.6. The highest BCUT2D eigenvalue weighted by molar-refractivity contribution is 6.30. The predicted octanol–water partition coefficient (Wildman–Crippen LogP) is 1.84. The van der Waals surface area contributed by atoms with Gasteiger partial charge in [0.05, 0.1) is 18.0 Å². The normalized spacial score (nSPS) is 18.6. The van der Waals surface area contributed by atoms with E-state index in [4.69, 9.17) is 17.3 Å². The number of amides is 2. The first-order chi connectivity index (χ1) is 11.7. The molecule has 0 aromatic heterocycles. The molecule has 7 heteroatoms. The van der Waals surface area contributed by atoms with E-state index >= 15 is 0 Å². The van der Waals surface area contributed by atoms with E-state index in [9.17, 15) is 9.59 Å². The van der Waals surface area contributed by atoms with Crippen molar-refractivity contribution in [3.05, 3.63) is 29.3 Å². The van der Waals surface area contributed by atoms with Crippen LogP contribution >= 0.6 is 11.6 Å². The molecule has 2 amide bonds. The first-order valence-electron chi connectivity index (χ1n) is 8.57. The van der Waals surface area contributed by atoms with Crippen LogP contribution in [-0.4, -0.2) is 48.4 Å². The van der Waals surface area contributed by atoms with Crippen LogP contribution < -0.4 is 16.4 Å². The lowest BCUT2D eigenvalue weighted by Gasteiger charge is -2.34. The van der Waals surface area contributed by atoms with Gasteiger partial charge in [-0.15, -0.1) is 0 Å². The molecule has 0 bridgehead atoms. The summed E-state index contributed by atoms with van der Waals surface area (Å²) in [4.78, 5) is 25.6. The Morgan fingerprint density at radius 2 is 2.16 bits per heavy atom. The number of carbonyl (C=O) groups is 2. The molecule has 138 valence electrons. The number of benzene rings is 1. The molecule has 1 aromatic rings. The highest BCUT2D eigenvalue weighted by Crippen LogP contribution is 2.19. The summed E-state index contributed by atoms with van der Waals surface area (Å²) >= 11 is 5.98. The van der Waals surface area contributed by atoms with Crippen molar-refractivity contribution in [3.8, 4) is 0 Å².